The highest BCUT2D eigenvalue weighted by Gasteiger charge is 2.58. The van der Waals surface area contributed by atoms with E-state index in [9.17, 15) is 13.2 Å². The fourth-order valence-electron chi connectivity index (χ4n) is 2.87. The van der Waals surface area contributed by atoms with E-state index in [2.05, 4.69) is 0 Å². The lowest BCUT2D eigenvalue weighted by Gasteiger charge is -2.05. The summed E-state index contributed by atoms with van der Waals surface area (Å²) in [6, 6.07) is 15.5. The Balaban J connectivity index is 1.93. The summed E-state index contributed by atoms with van der Waals surface area (Å²) in [5, 5.41) is -0.680. The van der Waals surface area contributed by atoms with Crippen LogP contribution in [-0.2, 0) is 14.6 Å². The number of hydrogen-bond acceptors (Lipinski definition) is 4. The van der Waals surface area contributed by atoms with E-state index in [4.69, 9.17) is 4.74 Å². The lowest BCUT2D eigenvalue weighted by atomic mass is 10.1. The van der Waals surface area contributed by atoms with Gasteiger partial charge in [0.25, 0.3) is 0 Å². The van der Waals surface area contributed by atoms with Crippen molar-refractivity contribution in [3.05, 3.63) is 60.2 Å². The summed E-state index contributed by atoms with van der Waals surface area (Å²) < 4.78 is 30.5. The van der Waals surface area contributed by atoms with Crippen molar-refractivity contribution in [2.45, 2.75) is 16.1 Å². The first-order valence-electron chi connectivity index (χ1n) is 6.98. The van der Waals surface area contributed by atoms with Crippen LogP contribution in [0.25, 0.3) is 0 Å². The zero-order valence-corrected chi connectivity index (χ0v) is 12.9. The zero-order chi connectivity index (χ0) is 15.7. The first kappa shape index (κ1) is 14.8. The van der Waals surface area contributed by atoms with E-state index < -0.39 is 21.0 Å². The molecule has 1 fully saturated rings. The molecule has 0 aliphatic heterocycles. The predicted molar refractivity (Wildman–Crippen MR) is 82.7 cm³/mol. The van der Waals surface area contributed by atoms with Crippen LogP contribution < -0.4 is 4.74 Å². The Morgan fingerprint density at radius 2 is 1.64 bits per heavy atom. The molecule has 2 aromatic carbocycles. The molecule has 0 bridgehead atoms. The van der Waals surface area contributed by atoms with Gasteiger partial charge in [0.1, 0.15) is 12.0 Å². The van der Waals surface area contributed by atoms with Crippen LogP contribution >= 0.6 is 0 Å². The number of methoxy groups -OCH3 is 1. The van der Waals surface area contributed by atoms with E-state index in [1.807, 2.05) is 12.1 Å². The van der Waals surface area contributed by atoms with Crippen LogP contribution in [0, 0.1) is 5.92 Å². The molecule has 0 unspecified atom stereocenters. The molecular weight excluding hydrogens is 300 g/mol. The molecule has 1 saturated carbocycles. The quantitative estimate of drug-likeness (QED) is 0.795. The summed E-state index contributed by atoms with van der Waals surface area (Å²) >= 11 is 0. The van der Waals surface area contributed by atoms with Gasteiger partial charge in [0.15, 0.2) is 9.84 Å². The van der Waals surface area contributed by atoms with E-state index >= 15 is 0 Å². The Hall–Kier alpha value is -2.14. The molecule has 114 valence electrons. The number of ether oxygens (including phenoxy) is 1. The average Bonchev–Trinajstić information content (AvgIpc) is 3.31. The van der Waals surface area contributed by atoms with Gasteiger partial charge < -0.3 is 9.53 Å². The number of sulfone groups is 1. The maximum absolute atomic E-state index is 12.7. The van der Waals surface area contributed by atoms with Gasteiger partial charge in [0.2, 0.25) is 0 Å². The van der Waals surface area contributed by atoms with E-state index in [1.54, 1.807) is 49.6 Å². The Morgan fingerprint density at radius 3 is 2.18 bits per heavy atom. The SMILES string of the molecule is COc1ccc([C@@H]2[C@H](C=O)[C@@H]2S(=O)(=O)c2ccccc2)cc1. The van der Waals surface area contributed by atoms with Gasteiger partial charge in [-0.05, 0) is 29.8 Å². The van der Waals surface area contributed by atoms with E-state index in [0.717, 1.165) is 11.8 Å². The monoisotopic (exact) mass is 316 g/mol. The molecule has 5 heteroatoms. The van der Waals surface area contributed by atoms with Crippen molar-refractivity contribution in [2.75, 3.05) is 7.11 Å². The third-order valence-electron chi connectivity index (χ3n) is 4.09. The molecule has 0 heterocycles. The van der Waals surface area contributed by atoms with Gasteiger partial charge in [-0.25, -0.2) is 8.42 Å². The van der Waals surface area contributed by atoms with Crippen molar-refractivity contribution in [3.8, 4) is 5.75 Å². The molecule has 1 aliphatic carbocycles. The normalized spacial score (nSPS) is 23.8. The number of benzene rings is 2. The van der Waals surface area contributed by atoms with Gasteiger partial charge >= 0.3 is 0 Å². The summed E-state index contributed by atoms with van der Waals surface area (Å²) in [6.45, 7) is 0. The van der Waals surface area contributed by atoms with Gasteiger partial charge in [-0.15, -0.1) is 0 Å². The molecular formula is C17H16O4S. The largest absolute Gasteiger partial charge is 0.497 e. The number of carbonyl (C=O) groups is 1. The fourth-order valence-corrected chi connectivity index (χ4v) is 5.00. The molecule has 0 radical (unpaired) electrons. The predicted octanol–water partition coefficient (Wildman–Crippen LogP) is 2.45. The second-order valence-corrected chi connectivity index (χ2v) is 7.44. The van der Waals surface area contributed by atoms with E-state index in [-0.39, 0.29) is 10.8 Å². The third-order valence-corrected chi connectivity index (χ3v) is 6.35. The van der Waals surface area contributed by atoms with Crippen molar-refractivity contribution in [1.29, 1.82) is 0 Å². The molecule has 3 rings (SSSR count). The molecule has 0 saturated heterocycles. The highest BCUT2D eigenvalue weighted by Crippen LogP contribution is 2.52. The minimum atomic E-state index is -3.50. The van der Waals surface area contributed by atoms with Crippen LogP contribution in [0.1, 0.15) is 11.5 Å². The van der Waals surface area contributed by atoms with Gasteiger partial charge in [0.05, 0.1) is 17.3 Å². The van der Waals surface area contributed by atoms with Crippen molar-refractivity contribution in [3.63, 3.8) is 0 Å². The topological polar surface area (TPSA) is 60.4 Å². The molecule has 2 aromatic rings. The standard InChI is InChI=1S/C17H16O4S/c1-21-13-9-7-12(8-10-13)16-15(11-18)17(16)22(19,20)14-5-3-2-4-6-14/h2-11,15-17H,1H3/t15-,16+,17-/m0/s1. The molecule has 4 nitrogen and oxygen atoms in total. The summed E-state index contributed by atoms with van der Waals surface area (Å²) in [5.74, 6) is -0.0678. The Labute approximate surface area is 129 Å². The fraction of sp³-hybridized carbons (Fsp3) is 0.235. The van der Waals surface area contributed by atoms with Gasteiger partial charge in [0, 0.05) is 11.8 Å². The molecule has 0 spiro atoms. The second-order valence-electron chi connectivity index (χ2n) is 5.34. The molecule has 0 amide bonds. The third kappa shape index (κ3) is 2.41. The lowest BCUT2D eigenvalue weighted by molar-refractivity contribution is -0.108. The highest BCUT2D eigenvalue weighted by atomic mass is 32.2. The van der Waals surface area contributed by atoms with E-state index in [1.165, 1.54) is 0 Å². The number of rotatable bonds is 5. The molecule has 0 N–H and O–H groups in total. The summed E-state index contributed by atoms with van der Waals surface area (Å²) in [4.78, 5) is 11.5. The van der Waals surface area contributed by atoms with Crippen molar-refractivity contribution < 1.29 is 17.9 Å². The molecule has 3 atom stereocenters. The minimum Gasteiger partial charge on any atom is -0.497 e. The minimum absolute atomic E-state index is 0.267. The van der Waals surface area contributed by atoms with Crippen molar-refractivity contribution >= 4 is 16.1 Å². The van der Waals surface area contributed by atoms with Crippen molar-refractivity contribution in [2.24, 2.45) is 5.92 Å². The maximum Gasteiger partial charge on any atom is 0.182 e. The first-order valence-corrected chi connectivity index (χ1v) is 8.52. The van der Waals surface area contributed by atoms with Crippen LogP contribution in [-0.4, -0.2) is 27.1 Å². The maximum atomic E-state index is 12.7. The average molecular weight is 316 g/mol. The Morgan fingerprint density at radius 1 is 1.00 bits per heavy atom. The summed E-state index contributed by atoms with van der Waals surface area (Å²) in [5.41, 5.74) is 0.849. The molecule has 22 heavy (non-hydrogen) atoms. The zero-order valence-electron chi connectivity index (χ0n) is 12.0. The van der Waals surface area contributed by atoms with Gasteiger partial charge in [-0.2, -0.15) is 0 Å². The molecule has 0 aromatic heterocycles. The Kier molecular flexibility index (Phi) is 3.74. The van der Waals surface area contributed by atoms with Gasteiger partial charge in [-0.1, -0.05) is 30.3 Å². The van der Waals surface area contributed by atoms with Crippen LogP contribution in [0.3, 0.4) is 0 Å². The summed E-state index contributed by atoms with van der Waals surface area (Å²) in [6.07, 6.45) is 0.750. The number of carbonyl (C=O) groups excluding carboxylic acids is 1. The van der Waals surface area contributed by atoms with Crippen molar-refractivity contribution in [1.82, 2.24) is 0 Å². The summed E-state index contributed by atoms with van der Waals surface area (Å²) in [7, 11) is -1.93. The Bertz CT molecular complexity index is 766. The first-order chi connectivity index (χ1) is 10.6. The molecule has 1 aliphatic rings. The number of hydrogen-bond donors (Lipinski definition) is 0. The van der Waals surface area contributed by atoms with Crippen LogP contribution in [0.15, 0.2) is 59.5 Å². The highest BCUT2D eigenvalue weighted by molar-refractivity contribution is 7.92. The van der Waals surface area contributed by atoms with Gasteiger partial charge in [-0.3, -0.25) is 0 Å². The van der Waals surface area contributed by atoms with Crippen LogP contribution in [0.2, 0.25) is 0 Å². The van der Waals surface area contributed by atoms with Crippen LogP contribution in [0.5, 0.6) is 5.75 Å². The second kappa shape index (κ2) is 5.57. The number of aldehydes is 1. The van der Waals surface area contributed by atoms with Crippen LogP contribution in [0.4, 0.5) is 0 Å². The smallest absolute Gasteiger partial charge is 0.182 e. The van der Waals surface area contributed by atoms with E-state index in [0.29, 0.717) is 5.75 Å². The lowest BCUT2D eigenvalue weighted by Crippen LogP contribution is -2.10.